The lowest BCUT2D eigenvalue weighted by Gasteiger charge is -2.21. The maximum atomic E-state index is 12.0. The highest BCUT2D eigenvalue weighted by molar-refractivity contribution is 5.88. The highest BCUT2D eigenvalue weighted by atomic mass is 16.5. The second-order valence-electron chi connectivity index (χ2n) is 4.41. The summed E-state index contributed by atoms with van der Waals surface area (Å²) in [6, 6.07) is 1.95. The van der Waals surface area contributed by atoms with Gasteiger partial charge in [-0.25, -0.2) is 0 Å². The average Bonchev–Trinajstić information content (AvgIpc) is 2.58. The summed E-state index contributed by atoms with van der Waals surface area (Å²) in [5.74, 6) is 0.0737. The fourth-order valence-electron chi connectivity index (χ4n) is 1.51. The van der Waals surface area contributed by atoms with Crippen LogP contribution in [0.3, 0.4) is 0 Å². The molecule has 0 aromatic carbocycles. The van der Waals surface area contributed by atoms with Crippen molar-refractivity contribution in [3.63, 3.8) is 0 Å². The molecule has 0 aliphatic carbocycles. The fourth-order valence-corrected chi connectivity index (χ4v) is 1.51. The van der Waals surface area contributed by atoms with Crippen molar-refractivity contribution in [1.29, 1.82) is 0 Å². The van der Waals surface area contributed by atoms with E-state index in [1.807, 2.05) is 24.6 Å². The van der Waals surface area contributed by atoms with Gasteiger partial charge in [0.25, 0.3) is 0 Å². The molecule has 0 radical (unpaired) electrons. The van der Waals surface area contributed by atoms with Gasteiger partial charge >= 0.3 is 0 Å². The lowest BCUT2D eigenvalue weighted by atomic mass is 9.99. The number of Topliss-reactive ketones (excluding diaryl/α,β-unsaturated/α-hetero) is 1. The van der Waals surface area contributed by atoms with Crippen LogP contribution in [0.25, 0.3) is 0 Å². The predicted octanol–water partition coefficient (Wildman–Crippen LogP) is 1.75. The number of nitrogens with zero attached hydrogens (tertiary/aromatic N) is 2. The van der Waals surface area contributed by atoms with Crippen LogP contribution >= 0.6 is 0 Å². The number of rotatable bonds is 5. The summed E-state index contributed by atoms with van der Waals surface area (Å²) < 4.78 is 7.03. The molecule has 90 valence electrons. The van der Waals surface area contributed by atoms with Gasteiger partial charge < -0.3 is 4.74 Å². The number of aryl methyl sites for hydroxylation is 2. The van der Waals surface area contributed by atoms with E-state index >= 15 is 0 Å². The molecule has 1 aromatic rings. The lowest BCUT2D eigenvalue weighted by Crippen LogP contribution is -2.35. The molecule has 0 aliphatic rings. The second-order valence-corrected chi connectivity index (χ2v) is 4.41. The summed E-state index contributed by atoms with van der Waals surface area (Å²) in [4.78, 5) is 12.0. The molecule has 1 rings (SSSR count). The fraction of sp³-hybridized carbons (Fsp3) is 0.667. The van der Waals surface area contributed by atoms with Crippen molar-refractivity contribution in [2.75, 3.05) is 7.11 Å². The number of ether oxygens (including phenoxy) is 1. The molecule has 0 spiro atoms. The minimum Gasteiger partial charge on any atom is -0.371 e. The maximum absolute atomic E-state index is 12.0. The molecule has 0 saturated carbocycles. The third kappa shape index (κ3) is 2.70. The van der Waals surface area contributed by atoms with E-state index in [-0.39, 0.29) is 5.78 Å². The van der Waals surface area contributed by atoms with Gasteiger partial charge in [-0.3, -0.25) is 9.48 Å². The van der Waals surface area contributed by atoms with Gasteiger partial charge in [0, 0.05) is 19.3 Å². The third-order valence-electron chi connectivity index (χ3n) is 2.81. The summed E-state index contributed by atoms with van der Waals surface area (Å²) in [5.41, 5.74) is 1.17. The summed E-state index contributed by atoms with van der Waals surface area (Å²) in [6.07, 6.45) is 0.371. The molecule has 0 N–H and O–H groups in total. The van der Waals surface area contributed by atoms with Gasteiger partial charge in [0.1, 0.15) is 5.60 Å². The zero-order valence-corrected chi connectivity index (χ0v) is 10.7. The Hall–Kier alpha value is -1.16. The quantitative estimate of drug-likeness (QED) is 0.765. The van der Waals surface area contributed by atoms with E-state index in [1.165, 1.54) is 0 Å². The molecule has 4 heteroatoms. The van der Waals surface area contributed by atoms with Crippen molar-refractivity contribution in [3.8, 4) is 0 Å². The number of methoxy groups -OCH3 is 1. The molecule has 0 fully saturated rings. The number of carbonyl (C=O) groups is 1. The average molecular weight is 224 g/mol. The van der Waals surface area contributed by atoms with E-state index in [2.05, 4.69) is 5.10 Å². The zero-order chi connectivity index (χ0) is 12.3. The minimum atomic E-state index is -0.725. The van der Waals surface area contributed by atoms with E-state index in [4.69, 9.17) is 4.74 Å². The Morgan fingerprint density at radius 2 is 2.19 bits per heavy atom. The van der Waals surface area contributed by atoms with E-state index in [9.17, 15) is 4.79 Å². The van der Waals surface area contributed by atoms with Crippen LogP contribution in [0.5, 0.6) is 0 Å². The van der Waals surface area contributed by atoms with Crippen molar-refractivity contribution < 1.29 is 9.53 Å². The molecule has 1 heterocycles. The van der Waals surface area contributed by atoms with Gasteiger partial charge in [-0.2, -0.15) is 5.10 Å². The van der Waals surface area contributed by atoms with Crippen molar-refractivity contribution in [1.82, 2.24) is 9.78 Å². The van der Waals surface area contributed by atoms with E-state index in [1.54, 1.807) is 21.0 Å². The van der Waals surface area contributed by atoms with Crippen molar-refractivity contribution in [3.05, 3.63) is 17.5 Å². The Labute approximate surface area is 96.6 Å². The van der Waals surface area contributed by atoms with E-state index < -0.39 is 5.60 Å². The first-order valence-corrected chi connectivity index (χ1v) is 5.52. The van der Waals surface area contributed by atoms with Crippen LogP contribution in [-0.4, -0.2) is 28.3 Å². The first kappa shape index (κ1) is 12.9. The van der Waals surface area contributed by atoms with Crippen LogP contribution < -0.4 is 0 Å². The molecule has 0 aliphatic heterocycles. The summed E-state index contributed by atoms with van der Waals surface area (Å²) in [6.45, 7) is 8.30. The molecular formula is C12H20N2O2. The van der Waals surface area contributed by atoms with Crippen LogP contribution in [0.2, 0.25) is 0 Å². The highest BCUT2D eigenvalue weighted by Gasteiger charge is 2.27. The molecule has 0 atom stereocenters. The van der Waals surface area contributed by atoms with Crippen LogP contribution in [0.4, 0.5) is 0 Å². The first-order valence-electron chi connectivity index (χ1n) is 5.52. The van der Waals surface area contributed by atoms with Crippen molar-refractivity contribution in [2.24, 2.45) is 0 Å². The minimum absolute atomic E-state index is 0.0737. The van der Waals surface area contributed by atoms with Gasteiger partial charge in [-0.05, 0) is 33.8 Å². The number of ketones is 1. The van der Waals surface area contributed by atoms with Gasteiger partial charge in [-0.15, -0.1) is 0 Å². The van der Waals surface area contributed by atoms with Gasteiger partial charge in [0.2, 0.25) is 0 Å². The number of hydrogen-bond acceptors (Lipinski definition) is 3. The Morgan fingerprint density at radius 1 is 1.56 bits per heavy atom. The Morgan fingerprint density at radius 3 is 2.69 bits per heavy atom. The predicted molar refractivity (Wildman–Crippen MR) is 62.4 cm³/mol. The number of hydrogen-bond donors (Lipinski definition) is 0. The molecule has 0 amide bonds. The zero-order valence-electron chi connectivity index (χ0n) is 10.7. The highest BCUT2D eigenvalue weighted by Crippen LogP contribution is 2.14. The summed E-state index contributed by atoms with van der Waals surface area (Å²) in [5, 5.41) is 4.31. The first-order chi connectivity index (χ1) is 7.40. The molecule has 0 bridgehead atoms. The maximum Gasteiger partial charge on any atom is 0.169 e. The normalized spacial score (nSPS) is 11.8. The monoisotopic (exact) mass is 224 g/mol. The van der Waals surface area contributed by atoms with E-state index in [0.717, 1.165) is 17.9 Å². The largest absolute Gasteiger partial charge is 0.371 e. The van der Waals surface area contributed by atoms with Gasteiger partial charge in [-0.1, -0.05) is 0 Å². The molecule has 1 aromatic heterocycles. The van der Waals surface area contributed by atoms with Crippen molar-refractivity contribution in [2.45, 2.75) is 46.3 Å². The van der Waals surface area contributed by atoms with Crippen molar-refractivity contribution >= 4 is 5.78 Å². The Balaban J connectivity index is 2.84. The third-order valence-corrected chi connectivity index (χ3v) is 2.81. The second kappa shape index (κ2) is 4.78. The lowest BCUT2D eigenvalue weighted by molar-refractivity contribution is -0.136. The summed E-state index contributed by atoms with van der Waals surface area (Å²) >= 11 is 0. The van der Waals surface area contributed by atoms with Crippen LogP contribution in [0.15, 0.2) is 6.07 Å². The van der Waals surface area contributed by atoms with Crippen LogP contribution in [0.1, 0.15) is 32.2 Å². The molecular weight excluding hydrogens is 204 g/mol. The number of carbonyl (C=O) groups excluding carboxylic acids is 1. The van der Waals surface area contributed by atoms with Gasteiger partial charge in [0.05, 0.1) is 12.1 Å². The Bertz CT molecular complexity index is 380. The standard InChI is InChI=1S/C12H20N2O2/c1-6-14-10(7-9(2)13-14)8-11(15)12(3,4)16-5/h7H,6,8H2,1-5H3. The van der Waals surface area contributed by atoms with Crippen LogP contribution in [0, 0.1) is 6.92 Å². The molecule has 16 heavy (non-hydrogen) atoms. The van der Waals surface area contributed by atoms with E-state index in [0.29, 0.717) is 6.42 Å². The molecule has 4 nitrogen and oxygen atoms in total. The molecule has 0 saturated heterocycles. The number of aromatic nitrogens is 2. The van der Waals surface area contributed by atoms with Gasteiger partial charge in [0.15, 0.2) is 5.78 Å². The Kier molecular flexibility index (Phi) is 3.86. The smallest absolute Gasteiger partial charge is 0.169 e. The SMILES string of the molecule is CCn1nc(C)cc1CC(=O)C(C)(C)OC. The van der Waals surface area contributed by atoms with Crippen LogP contribution in [-0.2, 0) is 22.5 Å². The summed E-state index contributed by atoms with van der Waals surface area (Å²) in [7, 11) is 1.56. The topological polar surface area (TPSA) is 44.1 Å². The molecule has 0 unspecified atom stereocenters.